The summed E-state index contributed by atoms with van der Waals surface area (Å²) in [5.74, 6) is -0.180. The van der Waals surface area contributed by atoms with Gasteiger partial charge in [0.15, 0.2) is 0 Å². The molecular weight excluding hydrogens is 557 g/mol. The number of halogens is 1. The first kappa shape index (κ1) is 23.6. The predicted octanol–water partition coefficient (Wildman–Crippen LogP) is 3.81. The maximum atomic E-state index is 12.8. The van der Waals surface area contributed by atoms with Crippen LogP contribution in [0.5, 0.6) is 5.75 Å². The van der Waals surface area contributed by atoms with Crippen molar-refractivity contribution < 1.29 is 23.9 Å². The minimum atomic E-state index is -0.479. The summed E-state index contributed by atoms with van der Waals surface area (Å²) in [4.78, 5) is 41.4. The van der Waals surface area contributed by atoms with Crippen LogP contribution >= 0.6 is 34.4 Å². The van der Waals surface area contributed by atoms with Gasteiger partial charge in [-0.2, -0.15) is 0 Å². The summed E-state index contributed by atoms with van der Waals surface area (Å²) in [5.41, 5.74) is 2.30. The number of para-hydroxylation sites is 2. The normalized spacial score (nSPS) is 17.6. The maximum Gasteiger partial charge on any atom is 0.294 e. The van der Waals surface area contributed by atoms with Crippen molar-refractivity contribution in [1.82, 2.24) is 4.90 Å². The molecule has 0 saturated carbocycles. The number of amides is 3. The number of imide groups is 1. The van der Waals surface area contributed by atoms with Crippen molar-refractivity contribution in [3.8, 4) is 5.75 Å². The molecule has 172 valence electrons. The van der Waals surface area contributed by atoms with Crippen LogP contribution in [0.1, 0.15) is 5.56 Å². The van der Waals surface area contributed by atoms with Gasteiger partial charge in [-0.05, 0) is 70.3 Å². The monoisotopic (exact) mass is 579 g/mol. The largest absolute Gasteiger partial charge is 0.496 e. The van der Waals surface area contributed by atoms with E-state index in [-0.39, 0.29) is 11.4 Å². The van der Waals surface area contributed by atoms with E-state index in [1.54, 1.807) is 19.3 Å². The first-order chi connectivity index (χ1) is 16.0. The Morgan fingerprint density at radius 2 is 1.97 bits per heavy atom. The zero-order valence-electron chi connectivity index (χ0n) is 17.9. The highest BCUT2D eigenvalue weighted by molar-refractivity contribution is 14.1. The van der Waals surface area contributed by atoms with E-state index in [0.717, 1.165) is 50.3 Å². The van der Waals surface area contributed by atoms with E-state index in [1.807, 2.05) is 36.4 Å². The third-order valence-corrected chi connectivity index (χ3v) is 6.93. The average Bonchev–Trinajstić information content (AvgIpc) is 3.07. The minimum absolute atomic E-state index is 0.280. The van der Waals surface area contributed by atoms with E-state index in [2.05, 4.69) is 32.8 Å². The Morgan fingerprint density at radius 3 is 2.70 bits per heavy atom. The predicted molar refractivity (Wildman–Crippen MR) is 136 cm³/mol. The summed E-state index contributed by atoms with van der Waals surface area (Å²) in [5, 5.41) is 2.38. The third kappa shape index (κ3) is 5.50. The molecule has 10 heteroatoms. The van der Waals surface area contributed by atoms with Crippen LogP contribution in [0.15, 0.2) is 47.4 Å². The number of thioether (sulfide) groups is 1. The molecule has 2 aliphatic rings. The summed E-state index contributed by atoms with van der Waals surface area (Å²) in [6, 6.07) is 13.0. The van der Waals surface area contributed by atoms with Crippen molar-refractivity contribution >= 4 is 68.9 Å². The second kappa shape index (κ2) is 10.6. The fourth-order valence-corrected chi connectivity index (χ4v) is 5.15. The molecule has 0 aromatic heterocycles. The molecule has 0 spiro atoms. The molecule has 0 aliphatic carbocycles. The minimum Gasteiger partial charge on any atom is -0.496 e. The highest BCUT2D eigenvalue weighted by atomic mass is 127. The van der Waals surface area contributed by atoms with Gasteiger partial charge in [-0.1, -0.05) is 18.2 Å². The van der Waals surface area contributed by atoms with Gasteiger partial charge in [-0.3, -0.25) is 19.3 Å². The Kier molecular flexibility index (Phi) is 7.56. The Hall–Kier alpha value is -2.57. The van der Waals surface area contributed by atoms with Gasteiger partial charge in [0.25, 0.3) is 11.1 Å². The summed E-state index contributed by atoms with van der Waals surface area (Å²) in [6.07, 6.45) is 1.65. The zero-order valence-corrected chi connectivity index (χ0v) is 20.9. The number of methoxy groups -OCH3 is 1. The lowest BCUT2D eigenvalue weighted by Crippen LogP contribution is -2.38. The number of nitrogens with one attached hydrogen (secondary N) is 1. The lowest BCUT2D eigenvalue weighted by atomic mass is 10.2. The summed E-state index contributed by atoms with van der Waals surface area (Å²) in [6.45, 7) is 2.35. The summed E-state index contributed by atoms with van der Waals surface area (Å²) < 4.78 is 11.5. The molecule has 0 atom stereocenters. The smallest absolute Gasteiger partial charge is 0.294 e. The Bertz CT molecular complexity index is 1120. The van der Waals surface area contributed by atoms with Gasteiger partial charge in [-0.15, -0.1) is 0 Å². The maximum absolute atomic E-state index is 12.8. The first-order valence-electron chi connectivity index (χ1n) is 10.3. The number of nitrogens with zero attached hydrogens (tertiary/aromatic N) is 2. The van der Waals surface area contributed by atoms with E-state index in [0.29, 0.717) is 18.9 Å². The Balaban J connectivity index is 1.44. The molecule has 0 unspecified atom stereocenters. The lowest BCUT2D eigenvalue weighted by molar-refractivity contribution is -0.127. The molecule has 2 aliphatic heterocycles. The number of ether oxygens (including phenoxy) is 2. The van der Waals surface area contributed by atoms with Gasteiger partial charge in [0.2, 0.25) is 5.91 Å². The van der Waals surface area contributed by atoms with Crippen LogP contribution in [0.3, 0.4) is 0 Å². The number of hydrogen-bond acceptors (Lipinski definition) is 7. The van der Waals surface area contributed by atoms with Crippen molar-refractivity contribution in [1.29, 1.82) is 0 Å². The number of hydrogen-bond donors (Lipinski definition) is 1. The van der Waals surface area contributed by atoms with Crippen molar-refractivity contribution in [2.45, 2.75) is 0 Å². The van der Waals surface area contributed by atoms with Crippen LogP contribution in [-0.4, -0.2) is 61.9 Å². The standard InChI is InChI=1S/C23H22IN3O5S/c1-31-19-7-6-15(12-16(19)24)13-20-22(29)27(23(30)33-20)14-21(28)25-17-4-2-3-5-18(17)26-8-10-32-11-9-26/h2-7,12-13H,8-11,14H2,1H3,(H,25,28)/b20-13-. The van der Waals surface area contributed by atoms with Gasteiger partial charge < -0.3 is 19.7 Å². The SMILES string of the molecule is COc1ccc(/C=C2\SC(=O)N(CC(=O)Nc3ccccc3N3CCOCC3)C2=O)cc1I. The van der Waals surface area contributed by atoms with Crippen LogP contribution < -0.4 is 15.0 Å². The molecule has 8 nitrogen and oxygen atoms in total. The quantitative estimate of drug-likeness (QED) is 0.412. The number of anilines is 2. The molecule has 0 bridgehead atoms. The number of carbonyl (C=O) groups is 3. The number of rotatable bonds is 6. The van der Waals surface area contributed by atoms with Crippen LogP contribution in [0.4, 0.5) is 16.2 Å². The molecule has 2 aromatic rings. The number of benzene rings is 2. The Labute approximate surface area is 209 Å². The van der Waals surface area contributed by atoms with Crippen LogP contribution in [0.2, 0.25) is 0 Å². The van der Waals surface area contributed by atoms with Crippen LogP contribution in [-0.2, 0) is 14.3 Å². The van der Waals surface area contributed by atoms with E-state index in [1.165, 1.54) is 0 Å². The zero-order chi connectivity index (χ0) is 23.4. The van der Waals surface area contributed by atoms with Gasteiger partial charge in [0.05, 0.1) is 40.2 Å². The van der Waals surface area contributed by atoms with E-state index in [4.69, 9.17) is 9.47 Å². The van der Waals surface area contributed by atoms with Crippen molar-refractivity contribution in [2.24, 2.45) is 0 Å². The second-order valence-corrected chi connectivity index (χ2v) is 9.48. The molecule has 3 amide bonds. The average molecular weight is 579 g/mol. The lowest BCUT2D eigenvalue weighted by Gasteiger charge is -2.30. The fourth-order valence-electron chi connectivity index (χ4n) is 3.55. The molecule has 2 aromatic carbocycles. The fraction of sp³-hybridized carbons (Fsp3) is 0.261. The number of carbonyl (C=O) groups excluding carboxylic acids is 3. The highest BCUT2D eigenvalue weighted by Gasteiger charge is 2.36. The van der Waals surface area contributed by atoms with Crippen LogP contribution in [0, 0.1) is 3.57 Å². The van der Waals surface area contributed by atoms with Gasteiger partial charge >= 0.3 is 0 Å². The van der Waals surface area contributed by atoms with Gasteiger partial charge in [0.1, 0.15) is 12.3 Å². The van der Waals surface area contributed by atoms with Crippen LogP contribution in [0.25, 0.3) is 6.08 Å². The third-order valence-electron chi connectivity index (χ3n) is 5.18. The summed E-state index contributed by atoms with van der Waals surface area (Å²) in [7, 11) is 1.59. The van der Waals surface area contributed by atoms with E-state index in [9.17, 15) is 14.4 Å². The molecule has 2 saturated heterocycles. The molecule has 2 heterocycles. The van der Waals surface area contributed by atoms with Gasteiger partial charge in [-0.25, -0.2) is 0 Å². The molecule has 1 N–H and O–H groups in total. The molecule has 0 radical (unpaired) electrons. The Morgan fingerprint density at radius 1 is 1.21 bits per heavy atom. The van der Waals surface area contributed by atoms with E-state index >= 15 is 0 Å². The molecular formula is C23H22IN3O5S. The molecule has 2 fully saturated rings. The molecule has 33 heavy (non-hydrogen) atoms. The highest BCUT2D eigenvalue weighted by Crippen LogP contribution is 2.33. The number of morpholine rings is 1. The van der Waals surface area contributed by atoms with Crippen molar-refractivity contribution in [3.63, 3.8) is 0 Å². The topological polar surface area (TPSA) is 88.2 Å². The molecule has 4 rings (SSSR count). The summed E-state index contributed by atoms with van der Waals surface area (Å²) >= 11 is 2.97. The van der Waals surface area contributed by atoms with E-state index < -0.39 is 17.1 Å². The second-order valence-electron chi connectivity index (χ2n) is 7.33. The van der Waals surface area contributed by atoms with Crippen molar-refractivity contribution in [3.05, 3.63) is 56.5 Å². The van der Waals surface area contributed by atoms with Crippen molar-refractivity contribution in [2.75, 3.05) is 50.2 Å². The van der Waals surface area contributed by atoms with Gasteiger partial charge in [0, 0.05) is 13.1 Å². The first-order valence-corrected chi connectivity index (χ1v) is 12.2.